The van der Waals surface area contributed by atoms with Crippen molar-refractivity contribution in [1.29, 1.82) is 0 Å². The van der Waals surface area contributed by atoms with Gasteiger partial charge >= 0.3 is 5.69 Å². The Labute approximate surface area is 126 Å². The van der Waals surface area contributed by atoms with Crippen LogP contribution in [0.4, 0.5) is 0 Å². The molecule has 0 unspecified atom stereocenters. The molecular weight excluding hydrogens is 284 g/mol. The molecule has 108 valence electrons. The van der Waals surface area contributed by atoms with Crippen molar-refractivity contribution >= 4 is 22.8 Å². The van der Waals surface area contributed by atoms with E-state index in [0.717, 1.165) is 28.1 Å². The molecule has 0 atom stereocenters. The van der Waals surface area contributed by atoms with E-state index in [9.17, 15) is 9.90 Å². The number of nitrogens with one attached hydrogen (secondary N) is 1. The topological polar surface area (TPSA) is 58.0 Å². The number of hydrogen-bond donors (Lipinski definition) is 2. The molecule has 0 aliphatic rings. The third-order valence-corrected chi connectivity index (χ3v) is 4.48. The molecule has 0 spiro atoms. The Morgan fingerprint density at radius 2 is 1.86 bits per heavy atom. The summed E-state index contributed by atoms with van der Waals surface area (Å²) in [5, 5.41) is 9.70. The first-order valence-corrected chi connectivity index (χ1v) is 7.82. The molecule has 1 aromatic heterocycles. The maximum absolute atomic E-state index is 11.9. The van der Waals surface area contributed by atoms with Crippen LogP contribution >= 0.6 is 11.8 Å². The monoisotopic (exact) mass is 300 g/mol. The van der Waals surface area contributed by atoms with E-state index in [2.05, 4.69) is 4.98 Å². The molecule has 0 amide bonds. The number of phenols is 1. The van der Waals surface area contributed by atoms with Gasteiger partial charge in [-0.2, -0.15) is 0 Å². The summed E-state index contributed by atoms with van der Waals surface area (Å²) >= 11 is 1.60. The Kier molecular flexibility index (Phi) is 4.01. The lowest BCUT2D eigenvalue weighted by Gasteiger charge is -2.05. The van der Waals surface area contributed by atoms with Gasteiger partial charge in [0, 0.05) is 11.4 Å². The average Bonchev–Trinajstić information content (AvgIpc) is 2.81. The number of benzene rings is 2. The molecule has 0 aliphatic carbocycles. The van der Waals surface area contributed by atoms with Gasteiger partial charge in [0.2, 0.25) is 0 Å². The number of hydrogen-bond acceptors (Lipinski definition) is 3. The number of fused-ring (bicyclic) bond motifs is 1. The van der Waals surface area contributed by atoms with Gasteiger partial charge in [0.05, 0.1) is 11.0 Å². The van der Waals surface area contributed by atoms with Crippen LogP contribution < -0.4 is 5.69 Å². The van der Waals surface area contributed by atoms with Gasteiger partial charge in [-0.25, -0.2) is 4.79 Å². The predicted octanol–water partition coefficient (Wildman–Crippen LogP) is 3.22. The highest BCUT2D eigenvalue weighted by molar-refractivity contribution is 7.99. The molecule has 0 saturated carbocycles. The molecular formula is C16H16N2O2S. The first kappa shape index (κ1) is 13.8. The summed E-state index contributed by atoms with van der Waals surface area (Å²) in [6.07, 6.45) is 0.862. The highest BCUT2D eigenvalue weighted by Crippen LogP contribution is 2.28. The first-order valence-electron chi connectivity index (χ1n) is 6.84. The minimum absolute atomic E-state index is 0.0660. The van der Waals surface area contributed by atoms with Crippen molar-refractivity contribution in [2.75, 3.05) is 5.75 Å². The molecule has 0 fully saturated rings. The van der Waals surface area contributed by atoms with Crippen LogP contribution in [-0.4, -0.2) is 20.4 Å². The fourth-order valence-electron chi connectivity index (χ4n) is 2.31. The van der Waals surface area contributed by atoms with E-state index >= 15 is 0 Å². The Balaban J connectivity index is 1.64. The van der Waals surface area contributed by atoms with Gasteiger partial charge < -0.3 is 10.1 Å². The molecule has 3 rings (SSSR count). The average molecular weight is 300 g/mol. The molecule has 0 radical (unpaired) electrons. The number of aromatic nitrogens is 2. The van der Waals surface area contributed by atoms with Crippen molar-refractivity contribution in [3.8, 4) is 5.75 Å². The van der Waals surface area contributed by atoms with Crippen LogP contribution in [0.25, 0.3) is 11.0 Å². The van der Waals surface area contributed by atoms with Crippen LogP contribution in [0.15, 0.2) is 58.2 Å². The van der Waals surface area contributed by atoms with Gasteiger partial charge in [0.15, 0.2) is 0 Å². The number of aryl methyl sites for hydroxylation is 1. The molecule has 3 aromatic rings. The summed E-state index contributed by atoms with van der Waals surface area (Å²) in [4.78, 5) is 15.7. The molecule has 0 saturated heterocycles. The minimum Gasteiger partial charge on any atom is -0.507 e. The quantitative estimate of drug-likeness (QED) is 0.562. The number of para-hydroxylation sites is 3. The van der Waals surface area contributed by atoms with Gasteiger partial charge in [-0.05, 0) is 36.4 Å². The van der Waals surface area contributed by atoms with Gasteiger partial charge in [-0.1, -0.05) is 24.3 Å². The van der Waals surface area contributed by atoms with Crippen LogP contribution in [0.5, 0.6) is 5.75 Å². The summed E-state index contributed by atoms with van der Waals surface area (Å²) in [5.74, 6) is 1.16. The van der Waals surface area contributed by atoms with E-state index in [4.69, 9.17) is 0 Å². The molecule has 2 aromatic carbocycles. The fraction of sp³-hybridized carbons (Fsp3) is 0.188. The van der Waals surface area contributed by atoms with E-state index in [1.54, 1.807) is 22.4 Å². The van der Waals surface area contributed by atoms with Crippen molar-refractivity contribution in [2.45, 2.75) is 17.9 Å². The molecule has 0 aliphatic heterocycles. The van der Waals surface area contributed by atoms with Gasteiger partial charge in [0.25, 0.3) is 0 Å². The van der Waals surface area contributed by atoms with E-state index in [-0.39, 0.29) is 5.69 Å². The summed E-state index contributed by atoms with van der Waals surface area (Å²) in [6.45, 7) is 0.670. The van der Waals surface area contributed by atoms with Crippen molar-refractivity contribution in [2.24, 2.45) is 0 Å². The van der Waals surface area contributed by atoms with Crippen molar-refractivity contribution in [3.05, 3.63) is 59.0 Å². The number of H-pyrrole nitrogens is 1. The highest BCUT2D eigenvalue weighted by atomic mass is 32.2. The summed E-state index contributed by atoms with van der Waals surface area (Å²) < 4.78 is 1.76. The lowest BCUT2D eigenvalue weighted by atomic mass is 10.3. The van der Waals surface area contributed by atoms with Crippen molar-refractivity contribution < 1.29 is 5.11 Å². The second-order valence-corrected chi connectivity index (χ2v) is 5.91. The second kappa shape index (κ2) is 6.10. The maximum atomic E-state index is 11.9. The van der Waals surface area contributed by atoms with E-state index in [1.165, 1.54) is 0 Å². The number of nitrogens with zero attached hydrogens (tertiary/aromatic N) is 1. The lowest BCUT2D eigenvalue weighted by molar-refractivity contribution is 0.462. The summed E-state index contributed by atoms with van der Waals surface area (Å²) in [5.41, 5.74) is 1.75. The molecule has 4 nitrogen and oxygen atoms in total. The third kappa shape index (κ3) is 2.97. The second-order valence-electron chi connectivity index (χ2n) is 4.77. The molecule has 2 N–H and O–H groups in total. The number of aromatic amines is 1. The molecule has 21 heavy (non-hydrogen) atoms. The van der Waals surface area contributed by atoms with Crippen molar-refractivity contribution in [3.63, 3.8) is 0 Å². The lowest BCUT2D eigenvalue weighted by Crippen LogP contribution is -2.17. The Hall–Kier alpha value is -2.14. The molecule has 1 heterocycles. The van der Waals surface area contributed by atoms with Crippen LogP contribution in [-0.2, 0) is 6.54 Å². The van der Waals surface area contributed by atoms with Gasteiger partial charge in [-0.3, -0.25) is 4.57 Å². The fourth-order valence-corrected chi connectivity index (χ4v) is 3.20. The Morgan fingerprint density at radius 1 is 1.10 bits per heavy atom. The number of imidazole rings is 1. The van der Waals surface area contributed by atoms with Crippen LogP contribution in [0.1, 0.15) is 6.42 Å². The summed E-state index contributed by atoms with van der Waals surface area (Å²) in [7, 11) is 0. The first-order chi connectivity index (χ1) is 10.3. The number of aromatic hydroxyl groups is 1. The van der Waals surface area contributed by atoms with E-state index in [0.29, 0.717) is 12.3 Å². The zero-order chi connectivity index (χ0) is 14.7. The maximum Gasteiger partial charge on any atom is 0.326 e. The van der Waals surface area contributed by atoms with Gasteiger partial charge in [-0.15, -0.1) is 11.8 Å². The van der Waals surface area contributed by atoms with E-state index < -0.39 is 0 Å². The molecule has 0 bridgehead atoms. The van der Waals surface area contributed by atoms with Crippen LogP contribution in [0, 0.1) is 0 Å². The SMILES string of the molecule is O=c1[nH]c2ccccc2n1CCCSc1ccccc1O. The van der Waals surface area contributed by atoms with Crippen LogP contribution in [0.2, 0.25) is 0 Å². The predicted molar refractivity (Wildman–Crippen MR) is 86.0 cm³/mol. The normalized spacial score (nSPS) is 11.0. The van der Waals surface area contributed by atoms with E-state index in [1.807, 2.05) is 42.5 Å². The zero-order valence-corrected chi connectivity index (χ0v) is 12.3. The highest BCUT2D eigenvalue weighted by Gasteiger charge is 2.06. The Bertz CT molecular complexity index is 807. The minimum atomic E-state index is -0.0660. The number of phenolic OH excluding ortho intramolecular Hbond substituents is 1. The molecule has 5 heteroatoms. The van der Waals surface area contributed by atoms with Crippen molar-refractivity contribution in [1.82, 2.24) is 9.55 Å². The van der Waals surface area contributed by atoms with Gasteiger partial charge in [0.1, 0.15) is 5.75 Å². The number of rotatable bonds is 5. The zero-order valence-electron chi connectivity index (χ0n) is 11.5. The Morgan fingerprint density at radius 3 is 2.71 bits per heavy atom. The third-order valence-electron chi connectivity index (χ3n) is 3.33. The standard InChI is InChI=1S/C16H16N2O2S/c19-14-8-3-4-9-15(14)21-11-5-10-18-13-7-2-1-6-12(13)17-16(18)20/h1-4,6-9,19H,5,10-11H2,(H,17,20). The smallest absolute Gasteiger partial charge is 0.326 e. The number of thioether (sulfide) groups is 1. The summed E-state index contributed by atoms with van der Waals surface area (Å²) in [6, 6.07) is 15.0. The largest absolute Gasteiger partial charge is 0.507 e. The van der Waals surface area contributed by atoms with Crippen LogP contribution in [0.3, 0.4) is 0 Å².